The molecule has 3 nitrogen and oxygen atoms in total. The van der Waals surface area contributed by atoms with Gasteiger partial charge in [-0.25, -0.2) is 0 Å². The van der Waals surface area contributed by atoms with Crippen molar-refractivity contribution in [3.05, 3.63) is 81.4 Å². The zero-order valence-electron chi connectivity index (χ0n) is 12.3. The summed E-state index contributed by atoms with van der Waals surface area (Å²) in [5, 5.41) is 11.3. The van der Waals surface area contributed by atoms with E-state index in [1.807, 2.05) is 30.3 Å². The van der Waals surface area contributed by atoms with Crippen molar-refractivity contribution in [3.63, 3.8) is 0 Å². The average molecular weight is 281 g/mol. The van der Waals surface area contributed by atoms with E-state index in [0.717, 1.165) is 12.0 Å². The first-order chi connectivity index (χ1) is 10.1. The van der Waals surface area contributed by atoms with Crippen LogP contribution >= 0.6 is 0 Å². The molecule has 0 atom stereocenters. The molecule has 0 saturated carbocycles. The zero-order valence-corrected chi connectivity index (χ0v) is 12.3. The maximum absolute atomic E-state index is 11.3. The van der Waals surface area contributed by atoms with Gasteiger partial charge < -0.3 is 0 Å². The summed E-state index contributed by atoms with van der Waals surface area (Å²) < 4.78 is 0. The molecule has 0 saturated heterocycles. The molecule has 0 unspecified atom stereocenters. The van der Waals surface area contributed by atoms with Gasteiger partial charge >= 0.3 is 0 Å². The second kappa shape index (κ2) is 6.84. The highest BCUT2D eigenvalue weighted by molar-refractivity contribution is 5.76. The number of rotatable bonds is 5. The summed E-state index contributed by atoms with van der Waals surface area (Å²) in [6.07, 6.45) is 2.64. The summed E-state index contributed by atoms with van der Waals surface area (Å²) in [4.78, 5) is 10.9. The van der Waals surface area contributed by atoms with E-state index in [2.05, 4.69) is 13.8 Å². The average Bonchev–Trinajstić information content (AvgIpc) is 2.46. The molecule has 0 fully saturated rings. The van der Waals surface area contributed by atoms with Gasteiger partial charge in [0.05, 0.1) is 10.5 Å². The smallest absolute Gasteiger partial charge is 0.258 e. The minimum absolute atomic E-state index is 0.118. The maximum Gasteiger partial charge on any atom is 0.277 e. The largest absolute Gasteiger partial charge is 0.277 e. The van der Waals surface area contributed by atoms with Gasteiger partial charge in [-0.1, -0.05) is 56.3 Å². The first-order valence-corrected chi connectivity index (χ1v) is 7.06. The molecule has 0 aliphatic rings. The van der Waals surface area contributed by atoms with Gasteiger partial charge in [0.25, 0.3) is 5.70 Å². The molecular formula is C18H19NO2. The van der Waals surface area contributed by atoms with Crippen molar-refractivity contribution < 1.29 is 4.92 Å². The first kappa shape index (κ1) is 15.0. The van der Waals surface area contributed by atoms with Gasteiger partial charge in [-0.15, -0.1) is 0 Å². The third-order valence-corrected chi connectivity index (χ3v) is 3.19. The molecule has 0 aromatic heterocycles. The van der Waals surface area contributed by atoms with Gasteiger partial charge in [0.15, 0.2) is 0 Å². The lowest BCUT2D eigenvalue weighted by Crippen LogP contribution is -1.98. The van der Waals surface area contributed by atoms with Gasteiger partial charge in [-0.05, 0) is 35.6 Å². The van der Waals surface area contributed by atoms with Gasteiger partial charge in [0.1, 0.15) is 0 Å². The Morgan fingerprint density at radius 2 is 1.71 bits per heavy atom. The predicted octanol–water partition coefficient (Wildman–Crippen LogP) is 4.66. The van der Waals surface area contributed by atoms with Crippen LogP contribution in [0.3, 0.4) is 0 Å². The molecule has 108 valence electrons. The van der Waals surface area contributed by atoms with Crippen LogP contribution in [0, 0.1) is 16.0 Å². The second-order valence-corrected chi connectivity index (χ2v) is 5.49. The number of hydrogen-bond donors (Lipinski definition) is 0. The molecular weight excluding hydrogens is 262 g/mol. The Hall–Kier alpha value is -2.42. The molecule has 3 heteroatoms. The number of hydrogen-bond acceptors (Lipinski definition) is 2. The van der Waals surface area contributed by atoms with Crippen LogP contribution in [0.25, 0.3) is 11.8 Å². The van der Waals surface area contributed by atoms with E-state index < -0.39 is 0 Å². The van der Waals surface area contributed by atoms with Crippen molar-refractivity contribution in [2.45, 2.75) is 20.3 Å². The fraction of sp³-hybridized carbons (Fsp3) is 0.222. The van der Waals surface area contributed by atoms with Gasteiger partial charge in [0.2, 0.25) is 0 Å². The summed E-state index contributed by atoms with van der Waals surface area (Å²) in [6, 6.07) is 16.9. The van der Waals surface area contributed by atoms with Crippen molar-refractivity contribution in [2.75, 3.05) is 0 Å². The Kier molecular flexibility index (Phi) is 4.88. The Balaban J connectivity index is 2.29. The lowest BCUT2D eigenvalue weighted by Gasteiger charge is -2.05. The fourth-order valence-electron chi connectivity index (χ4n) is 2.23. The van der Waals surface area contributed by atoms with Crippen molar-refractivity contribution >= 4 is 11.8 Å². The quantitative estimate of drug-likeness (QED) is 0.454. The molecule has 0 spiro atoms. The molecule has 0 N–H and O–H groups in total. The highest BCUT2D eigenvalue weighted by atomic mass is 16.6. The van der Waals surface area contributed by atoms with E-state index in [0.29, 0.717) is 11.5 Å². The molecule has 2 aromatic rings. The van der Waals surface area contributed by atoms with Gasteiger partial charge in [-0.2, -0.15) is 0 Å². The lowest BCUT2D eigenvalue weighted by molar-refractivity contribution is -0.374. The molecule has 21 heavy (non-hydrogen) atoms. The highest BCUT2D eigenvalue weighted by Gasteiger charge is 2.13. The second-order valence-electron chi connectivity index (χ2n) is 5.49. The topological polar surface area (TPSA) is 43.1 Å². The molecule has 2 rings (SSSR count). The minimum atomic E-state index is -0.336. The van der Waals surface area contributed by atoms with Crippen LogP contribution in [0.4, 0.5) is 0 Å². The Labute approximate surface area is 125 Å². The summed E-state index contributed by atoms with van der Waals surface area (Å²) in [5.41, 5.74) is 2.84. The van der Waals surface area contributed by atoms with E-state index in [9.17, 15) is 10.1 Å². The van der Waals surface area contributed by atoms with Crippen molar-refractivity contribution in [3.8, 4) is 0 Å². The third-order valence-electron chi connectivity index (χ3n) is 3.19. The van der Waals surface area contributed by atoms with Crippen LogP contribution in [0.15, 0.2) is 54.6 Å². The van der Waals surface area contributed by atoms with Crippen LogP contribution in [-0.4, -0.2) is 4.92 Å². The van der Waals surface area contributed by atoms with E-state index in [-0.39, 0.29) is 10.6 Å². The monoisotopic (exact) mass is 281 g/mol. The number of nitrogens with zero attached hydrogens (tertiary/aromatic N) is 1. The SMILES string of the molecule is CC(C)Cc1ccc(/C=C(\c2ccccc2)[N+](=O)[O-])cc1. The molecule has 2 aromatic carbocycles. The minimum Gasteiger partial charge on any atom is -0.258 e. The molecule has 0 radical (unpaired) electrons. The van der Waals surface area contributed by atoms with Crippen molar-refractivity contribution in [2.24, 2.45) is 5.92 Å². The molecule has 0 aliphatic carbocycles. The Bertz CT molecular complexity index is 628. The van der Waals surface area contributed by atoms with E-state index in [1.54, 1.807) is 30.3 Å². The fourth-order valence-corrected chi connectivity index (χ4v) is 2.23. The molecule has 0 heterocycles. The van der Waals surface area contributed by atoms with Crippen LogP contribution < -0.4 is 0 Å². The molecule has 0 amide bonds. The zero-order chi connectivity index (χ0) is 15.2. The number of benzene rings is 2. The Morgan fingerprint density at radius 3 is 2.24 bits per heavy atom. The van der Waals surface area contributed by atoms with E-state index >= 15 is 0 Å². The summed E-state index contributed by atoms with van der Waals surface area (Å²) >= 11 is 0. The highest BCUT2D eigenvalue weighted by Crippen LogP contribution is 2.19. The van der Waals surface area contributed by atoms with Crippen molar-refractivity contribution in [1.82, 2.24) is 0 Å². The summed E-state index contributed by atoms with van der Waals surface area (Å²) in [5.74, 6) is 0.602. The van der Waals surface area contributed by atoms with E-state index in [1.165, 1.54) is 5.56 Å². The van der Waals surface area contributed by atoms with Crippen LogP contribution in [0.2, 0.25) is 0 Å². The summed E-state index contributed by atoms with van der Waals surface area (Å²) in [7, 11) is 0. The Morgan fingerprint density at radius 1 is 1.10 bits per heavy atom. The molecule has 0 aliphatic heterocycles. The standard InChI is InChI=1S/C18H19NO2/c1-14(2)12-15-8-10-16(11-9-15)13-18(19(20)21)17-6-4-3-5-7-17/h3-11,13-14H,12H2,1-2H3/b18-13+. The van der Waals surface area contributed by atoms with Gasteiger partial charge in [0, 0.05) is 6.08 Å². The van der Waals surface area contributed by atoms with Crippen LogP contribution in [0.1, 0.15) is 30.5 Å². The normalized spacial score (nSPS) is 11.7. The van der Waals surface area contributed by atoms with Crippen LogP contribution in [0.5, 0.6) is 0 Å². The van der Waals surface area contributed by atoms with Crippen LogP contribution in [-0.2, 0) is 6.42 Å². The molecule has 0 bridgehead atoms. The first-order valence-electron chi connectivity index (χ1n) is 7.06. The third kappa shape index (κ3) is 4.28. The number of nitro groups is 1. The summed E-state index contributed by atoms with van der Waals surface area (Å²) in [6.45, 7) is 4.35. The maximum atomic E-state index is 11.3. The van der Waals surface area contributed by atoms with Gasteiger partial charge in [-0.3, -0.25) is 10.1 Å². The van der Waals surface area contributed by atoms with Crippen molar-refractivity contribution in [1.29, 1.82) is 0 Å². The lowest BCUT2D eigenvalue weighted by atomic mass is 10.0. The van der Waals surface area contributed by atoms with E-state index in [4.69, 9.17) is 0 Å². The predicted molar refractivity (Wildman–Crippen MR) is 86.3 cm³/mol.